The fourth-order valence-corrected chi connectivity index (χ4v) is 3.59. The zero-order chi connectivity index (χ0) is 18.1. The second-order valence-electron chi connectivity index (χ2n) is 6.03. The van der Waals surface area contributed by atoms with Crippen LogP contribution in [0.2, 0.25) is 0 Å². The third kappa shape index (κ3) is 3.48. The molecule has 2 aromatic rings. The first-order valence-electron chi connectivity index (χ1n) is 7.83. The normalized spacial score (nSPS) is 19.2. The average Bonchev–Trinajstić information content (AvgIpc) is 2.55. The molecule has 0 unspecified atom stereocenters. The first kappa shape index (κ1) is 17.3. The summed E-state index contributed by atoms with van der Waals surface area (Å²) in [6, 6.07) is 8.82. The van der Waals surface area contributed by atoms with E-state index >= 15 is 0 Å². The monoisotopic (exact) mass is 404 g/mol. The molecule has 1 amide bonds. The number of hydrogen-bond donors (Lipinski definition) is 1. The lowest BCUT2D eigenvalue weighted by molar-refractivity contribution is -0.385. The van der Waals surface area contributed by atoms with Gasteiger partial charge >= 0.3 is 0 Å². The van der Waals surface area contributed by atoms with Crippen molar-refractivity contribution in [1.29, 1.82) is 0 Å². The molecule has 0 aliphatic carbocycles. The maximum atomic E-state index is 12.0. The highest BCUT2D eigenvalue weighted by Gasteiger charge is 2.32. The Morgan fingerprint density at radius 2 is 2.16 bits per heavy atom. The smallest absolute Gasteiger partial charge is 0.287 e. The van der Waals surface area contributed by atoms with Crippen LogP contribution in [0.4, 0.5) is 17.2 Å². The van der Waals surface area contributed by atoms with Crippen LogP contribution in [0.5, 0.6) is 0 Å². The fourth-order valence-electron chi connectivity index (χ4n) is 3.21. The van der Waals surface area contributed by atoms with Gasteiger partial charge in [-0.3, -0.25) is 14.9 Å². The number of carbonyl (C=O) groups is 1. The van der Waals surface area contributed by atoms with E-state index in [1.165, 1.54) is 12.3 Å². The van der Waals surface area contributed by atoms with Gasteiger partial charge in [-0.2, -0.15) is 0 Å². The van der Waals surface area contributed by atoms with Crippen molar-refractivity contribution in [2.45, 2.75) is 32.4 Å². The van der Waals surface area contributed by atoms with Gasteiger partial charge in [0.05, 0.1) is 11.0 Å². The van der Waals surface area contributed by atoms with Gasteiger partial charge in [0.2, 0.25) is 5.91 Å². The molecule has 0 bridgehead atoms. The number of fused-ring (bicyclic) bond motifs is 1. The van der Waals surface area contributed by atoms with Crippen LogP contribution < -0.4 is 10.2 Å². The van der Waals surface area contributed by atoms with E-state index in [1.807, 2.05) is 25.1 Å². The van der Waals surface area contributed by atoms with E-state index in [9.17, 15) is 14.9 Å². The minimum absolute atomic E-state index is 0.00276. The number of anilines is 2. The van der Waals surface area contributed by atoms with Gasteiger partial charge in [0.15, 0.2) is 0 Å². The summed E-state index contributed by atoms with van der Waals surface area (Å²) >= 11 is 3.48. The maximum absolute atomic E-state index is 12.0. The number of nitrogens with zero attached hydrogens (tertiary/aromatic N) is 3. The standard InChI is InChI=1S/C17H17BrN4O3/c1-10-7-15(20-17-6-4-13(9-19-17)22(24)25)14-8-12(18)3-5-16(14)21(10)11(2)23/h3-6,8-10,15H,7H2,1-2H3,(H,19,20)/t10-,15+/m0/s1. The molecular weight excluding hydrogens is 388 g/mol. The van der Waals surface area contributed by atoms with Gasteiger partial charge < -0.3 is 10.2 Å². The lowest BCUT2D eigenvalue weighted by Crippen LogP contribution is -2.43. The topological polar surface area (TPSA) is 88.4 Å². The van der Waals surface area contributed by atoms with Crippen LogP contribution >= 0.6 is 15.9 Å². The summed E-state index contributed by atoms with van der Waals surface area (Å²) in [6.07, 6.45) is 1.94. The SMILES string of the molecule is CC(=O)N1c2ccc(Br)cc2[C@H](Nc2ccc([N+](=O)[O-])cn2)C[C@@H]1C. The number of benzene rings is 1. The van der Waals surface area contributed by atoms with E-state index in [2.05, 4.69) is 26.2 Å². The van der Waals surface area contributed by atoms with Crippen LogP contribution in [0.3, 0.4) is 0 Å². The van der Waals surface area contributed by atoms with Crippen molar-refractivity contribution in [3.63, 3.8) is 0 Å². The Kier molecular flexibility index (Phi) is 4.71. The van der Waals surface area contributed by atoms with Crippen molar-refractivity contribution in [2.75, 3.05) is 10.2 Å². The Hall–Kier alpha value is -2.48. The second kappa shape index (κ2) is 6.79. The molecule has 0 saturated heterocycles. The van der Waals surface area contributed by atoms with Gasteiger partial charge in [0, 0.05) is 29.2 Å². The first-order valence-corrected chi connectivity index (χ1v) is 8.62. The summed E-state index contributed by atoms with van der Waals surface area (Å²) in [4.78, 5) is 28.2. The number of nitro groups is 1. The van der Waals surface area contributed by atoms with E-state index in [-0.39, 0.29) is 23.7 Å². The molecule has 1 aliphatic heterocycles. The molecule has 7 nitrogen and oxygen atoms in total. The Labute approximate surface area is 153 Å². The fraction of sp³-hybridized carbons (Fsp3) is 0.294. The van der Waals surface area contributed by atoms with E-state index in [0.29, 0.717) is 12.2 Å². The summed E-state index contributed by atoms with van der Waals surface area (Å²) in [6.45, 7) is 3.57. The summed E-state index contributed by atoms with van der Waals surface area (Å²) in [5, 5.41) is 14.1. The van der Waals surface area contributed by atoms with Crippen molar-refractivity contribution >= 4 is 39.0 Å². The molecule has 1 aromatic carbocycles. The highest BCUT2D eigenvalue weighted by molar-refractivity contribution is 9.10. The van der Waals surface area contributed by atoms with E-state index in [4.69, 9.17) is 0 Å². The Morgan fingerprint density at radius 3 is 2.76 bits per heavy atom. The quantitative estimate of drug-likeness (QED) is 0.615. The number of carbonyl (C=O) groups excluding carboxylic acids is 1. The zero-order valence-electron chi connectivity index (χ0n) is 13.8. The molecule has 0 saturated carbocycles. The molecule has 0 radical (unpaired) electrons. The van der Waals surface area contributed by atoms with Crippen LogP contribution in [0.15, 0.2) is 41.0 Å². The van der Waals surface area contributed by atoms with Crippen molar-refractivity contribution in [3.05, 3.63) is 56.7 Å². The third-order valence-electron chi connectivity index (χ3n) is 4.26. The molecule has 2 heterocycles. The van der Waals surface area contributed by atoms with Crippen molar-refractivity contribution < 1.29 is 9.72 Å². The van der Waals surface area contributed by atoms with E-state index in [0.717, 1.165) is 15.7 Å². The maximum Gasteiger partial charge on any atom is 0.287 e. The number of pyridine rings is 1. The zero-order valence-corrected chi connectivity index (χ0v) is 15.4. The van der Waals surface area contributed by atoms with Crippen LogP contribution in [0.1, 0.15) is 31.9 Å². The molecule has 25 heavy (non-hydrogen) atoms. The van der Waals surface area contributed by atoms with Crippen LogP contribution in [-0.2, 0) is 4.79 Å². The number of nitrogens with one attached hydrogen (secondary N) is 1. The summed E-state index contributed by atoms with van der Waals surface area (Å²) in [5.41, 5.74) is 1.81. The molecule has 1 aliphatic rings. The average molecular weight is 405 g/mol. The molecular formula is C17H17BrN4O3. The molecule has 0 fully saturated rings. The van der Waals surface area contributed by atoms with Gasteiger partial charge in [0.25, 0.3) is 5.69 Å². The number of rotatable bonds is 3. The van der Waals surface area contributed by atoms with Crippen LogP contribution in [-0.4, -0.2) is 21.9 Å². The molecule has 1 aromatic heterocycles. The Balaban J connectivity index is 1.94. The van der Waals surface area contributed by atoms with Gasteiger partial charge in [-0.15, -0.1) is 0 Å². The predicted octanol–water partition coefficient (Wildman–Crippen LogP) is 4.05. The number of amides is 1. The summed E-state index contributed by atoms with van der Waals surface area (Å²) < 4.78 is 0.924. The molecule has 8 heteroatoms. The number of aromatic nitrogens is 1. The molecule has 2 atom stereocenters. The van der Waals surface area contributed by atoms with Crippen LogP contribution in [0.25, 0.3) is 0 Å². The lowest BCUT2D eigenvalue weighted by Gasteiger charge is -2.39. The van der Waals surface area contributed by atoms with Gasteiger partial charge in [-0.25, -0.2) is 4.98 Å². The Morgan fingerprint density at radius 1 is 1.40 bits per heavy atom. The van der Waals surface area contributed by atoms with Gasteiger partial charge in [-0.1, -0.05) is 15.9 Å². The first-order chi connectivity index (χ1) is 11.9. The molecule has 1 N–H and O–H groups in total. The lowest BCUT2D eigenvalue weighted by atomic mass is 9.91. The number of halogens is 1. The van der Waals surface area contributed by atoms with Crippen molar-refractivity contribution in [1.82, 2.24) is 4.98 Å². The highest BCUT2D eigenvalue weighted by atomic mass is 79.9. The Bertz CT molecular complexity index is 825. The highest BCUT2D eigenvalue weighted by Crippen LogP contribution is 2.40. The second-order valence-corrected chi connectivity index (χ2v) is 6.95. The molecule has 3 rings (SSSR count). The minimum atomic E-state index is -0.476. The van der Waals surface area contributed by atoms with E-state index < -0.39 is 4.92 Å². The third-order valence-corrected chi connectivity index (χ3v) is 4.76. The summed E-state index contributed by atoms with van der Waals surface area (Å²) in [5.74, 6) is 0.563. The largest absolute Gasteiger partial charge is 0.363 e. The van der Waals surface area contributed by atoms with Crippen molar-refractivity contribution in [3.8, 4) is 0 Å². The van der Waals surface area contributed by atoms with Crippen LogP contribution in [0, 0.1) is 10.1 Å². The van der Waals surface area contributed by atoms with Gasteiger partial charge in [0.1, 0.15) is 12.0 Å². The van der Waals surface area contributed by atoms with Crippen molar-refractivity contribution in [2.24, 2.45) is 0 Å². The number of hydrogen-bond acceptors (Lipinski definition) is 5. The molecule has 0 spiro atoms. The van der Waals surface area contributed by atoms with Gasteiger partial charge in [-0.05, 0) is 43.2 Å². The summed E-state index contributed by atoms with van der Waals surface area (Å²) in [7, 11) is 0. The predicted molar refractivity (Wildman–Crippen MR) is 98.6 cm³/mol. The minimum Gasteiger partial charge on any atom is -0.363 e. The van der Waals surface area contributed by atoms with E-state index in [1.54, 1.807) is 17.9 Å². The molecule has 130 valence electrons.